The zero-order chi connectivity index (χ0) is 13.3. The summed E-state index contributed by atoms with van der Waals surface area (Å²) in [6, 6.07) is 1.68. The lowest BCUT2D eigenvalue weighted by molar-refractivity contribution is -0.647. The Balaban J connectivity index is 2.73. The summed E-state index contributed by atoms with van der Waals surface area (Å²) in [7, 11) is 4.84. The van der Waals surface area contributed by atoms with E-state index in [1.807, 2.05) is 0 Å². The molecule has 0 amide bonds. The molecule has 96 valence electrons. The van der Waals surface area contributed by atoms with Gasteiger partial charge in [-0.1, -0.05) is 0 Å². The minimum absolute atomic E-state index is 0.0888. The number of hydrogen-bond donors (Lipinski definition) is 2. The van der Waals surface area contributed by atoms with Gasteiger partial charge in [-0.25, -0.2) is 4.57 Å². The summed E-state index contributed by atoms with van der Waals surface area (Å²) in [4.78, 5) is 18.4. The summed E-state index contributed by atoms with van der Waals surface area (Å²) in [5.41, 5.74) is 6.46. The molecule has 0 aliphatic carbocycles. The molecule has 0 fully saturated rings. The van der Waals surface area contributed by atoms with Gasteiger partial charge in [0.05, 0.1) is 13.2 Å². The first-order chi connectivity index (χ1) is 8.56. The number of hydrogen-bond acceptors (Lipinski definition) is 5. The largest absolute Gasteiger partial charge is 0.352 e. The second-order valence-corrected chi connectivity index (χ2v) is 3.88. The molecule has 0 atom stereocenters. The number of ether oxygens (including phenoxy) is 2. The molecule has 7 heteroatoms. The van der Waals surface area contributed by atoms with Gasteiger partial charge in [0, 0.05) is 19.8 Å². The van der Waals surface area contributed by atoms with E-state index < -0.39 is 6.29 Å². The van der Waals surface area contributed by atoms with Gasteiger partial charge in [0.1, 0.15) is 5.39 Å². The van der Waals surface area contributed by atoms with E-state index in [9.17, 15) is 4.79 Å². The average molecular weight is 251 g/mol. The van der Waals surface area contributed by atoms with Crippen LogP contribution in [0.15, 0.2) is 17.1 Å². The van der Waals surface area contributed by atoms with Gasteiger partial charge in [-0.2, -0.15) is 0 Å². The third kappa shape index (κ3) is 2.05. The van der Waals surface area contributed by atoms with E-state index in [4.69, 9.17) is 15.2 Å². The maximum Gasteiger partial charge on any atom is 0.340 e. The molecule has 0 unspecified atom stereocenters. The van der Waals surface area contributed by atoms with Crippen LogP contribution in [-0.2, 0) is 16.5 Å². The topological polar surface area (TPSA) is 94.1 Å². The number of anilines is 1. The van der Waals surface area contributed by atoms with E-state index in [2.05, 4.69) is 9.97 Å². The minimum Gasteiger partial charge on any atom is -0.352 e. The van der Waals surface area contributed by atoms with Gasteiger partial charge < -0.3 is 15.2 Å². The van der Waals surface area contributed by atoms with Crippen LogP contribution in [0.4, 0.5) is 5.95 Å². The van der Waals surface area contributed by atoms with Crippen LogP contribution in [0, 0.1) is 0 Å². The smallest absolute Gasteiger partial charge is 0.340 e. The molecule has 0 saturated carbocycles. The Morgan fingerprint density at radius 1 is 1.44 bits per heavy atom. The van der Waals surface area contributed by atoms with Crippen LogP contribution in [-0.4, -0.2) is 24.2 Å². The van der Waals surface area contributed by atoms with Gasteiger partial charge in [0.2, 0.25) is 0 Å². The van der Waals surface area contributed by atoms with E-state index in [1.54, 1.807) is 23.9 Å². The zero-order valence-corrected chi connectivity index (χ0v) is 10.4. The molecule has 2 aromatic rings. The van der Waals surface area contributed by atoms with Gasteiger partial charge in [0.25, 0.3) is 5.56 Å². The first-order valence-corrected chi connectivity index (χ1v) is 5.31. The molecule has 0 aliphatic heterocycles. The Morgan fingerprint density at radius 3 is 2.72 bits per heavy atom. The fraction of sp³-hybridized carbons (Fsp3) is 0.364. The summed E-state index contributed by atoms with van der Waals surface area (Å²) in [5, 5.41) is 0.434. The van der Waals surface area contributed by atoms with Gasteiger partial charge in [-0.15, -0.1) is 0 Å². The number of fused-ring (bicyclic) bond motifs is 1. The number of nitrogens with one attached hydrogen (secondary N) is 1. The van der Waals surface area contributed by atoms with Crippen LogP contribution < -0.4 is 15.9 Å². The highest BCUT2D eigenvalue weighted by Crippen LogP contribution is 2.17. The number of rotatable bonds is 3. The fourth-order valence-electron chi connectivity index (χ4n) is 1.87. The van der Waals surface area contributed by atoms with Crippen molar-refractivity contribution in [2.24, 2.45) is 7.05 Å². The second kappa shape index (κ2) is 4.71. The standard InChI is InChI=1S/C11H14N4O3/c1-15-5-6(10(17-2)18-3)4-7-8(15)13-11(12)14-9(7)16/h4-5,10H,1-3H3,(H2,12,14,16)/p+1. The summed E-state index contributed by atoms with van der Waals surface area (Å²) in [6.07, 6.45) is 1.25. The molecule has 3 N–H and O–H groups in total. The maximum absolute atomic E-state index is 11.8. The van der Waals surface area contributed by atoms with Crippen molar-refractivity contribution < 1.29 is 14.0 Å². The minimum atomic E-state index is -0.530. The van der Waals surface area contributed by atoms with Crippen molar-refractivity contribution in [3.8, 4) is 0 Å². The van der Waals surface area contributed by atoms with E-state index in [-0.39, 0.29) is 11.5 Å². The SMILES string of the molecule is COC(OC)c1cc2c(=O)[nH]c(N)nc2[n+](C)c1. The van der Waals surface area contributed by atoms with Crippen LogP contribution in [0.2, 0.25) is 0 Å². The van der Waals surface area contributed by atoms with E-state index in [1.165, 1.54) is 14.2 Å². The first kappa shape index (κ1) is 12.5. The lowest BCUT2D eigenvalue weighted by atomic mass is 10.2. The first-order valence-electron chi connectivity index (χ1n) is 5.31. The van der Waals surface area contributed by atoms with Crippen molar-refractivity contribution >= 4 is 17.0 Å². The average Bonchev–Trinajstić information content (AvgIpc) is 2.32. The van der Waals surface area contributed by atoms with E-state index in [0.29, 0.717) is 11.0 Å². The van der Waals surface area contributed by atoms with Gasteiger partial charge in [-0.05, 0) is 11.1 Å². The monoisotopic (exact) mass is 251 g/mol. The predicted molar refractivity (Wildman–Crippen MR) is 64.7 cm³/mol. The summed E-state index contributed by atoms with van der Waals surface area (Å²) < 4.78 is 12.0. The van der Waals surface area contributed by atoms with Gasteiger partial charge in [-0.3, -0.25) is 9.78 Å². The molecule has 0 saturated heterocycles. The number of nitrogens with zero attached hydrogens (tertiary/aromatic N) is 2. The third-order valence-electron chi connectivity index (χ3n) is 2.64. The fourth-order valence-corrected chi connectivity index (χ4v) is 1.87. The van der Waals surface area contributed by atoms with Gasteiger partial charge in [0.15, 0.2) is 6.29 Å². The summed E-state index contributed by atoms with van der Waals surface area (Å²) in [6.45, 7) is 0. The summed E-state index contributed by atoms with van der Waals surface area (Å²) in [5.74, 6) is 0.0888. The molecule has 7 nitrogen and oxygen atoms in total. The van der Waals surface area contributed by atoms with Crippen LogP contribution in [0.3, 0.4) is 0 Å². The molecule has 18 heavy (non-hydrogen) atoms. The molecule has 0 bridgehead atoms. The number of nitrogen functional groups attached to an aromatic ring is 1. The number of H-pyrrole nitrogens is 1. The lowest BCUT2D eigenvalue weighted by Gasteiger charge is -2.13. The molecule has 0 radical (unpaired) electrons. The second-order valence-electron chi connectivity index (χ2n) is 3.88. The van der Waals surface area contributed by atoms with Crippen LogP contribution in [0.1, 0.15) is 11.9 Å². The number of aromatic nitrogens is 3. The number of pyridine rings is 1. The summed E-state index contributed by atoms with van der Waals surface area (Å²) >= 11 is 0. The number of aryl methyl sites for hydroxylation is 1. The Morgan fingerprint density at radius 2 is 2.11 bits per heavy atom. The predicted octanol–water partition coefficient (Wildman–Crippen LogP) is -0.379. The van der Waals surface area contributed by atoms with Crippen molar-refractivity contribution in [1.82, 2.24) is 9.97 Å². The molecule has 0 aliphatic rings. The Bertz CT molecular complexity index is 634. The molecular formula is C11H15N4O3+. The van der Waals surface area contributed by atoms with E-state index >= 15 is 0 Å². The Hall–Kier alpha value is -1.99. The Labute approximate surface area is 103 Å². The molecule has 2 aromatic heterocycles. The highest BCUT2D eigenvalue weighted by molar-refractivity contribution is 5.71. The van der Waals surface area contributed by atoms with Crippen molar-refractivity contribution in [3.05, 3.63) is 28.2 Å². The highest BCUT2D eigenvalue weighted by atomic mass is 16.7. The third-order valence-corrected chi connectivity index (χ3v) is 2.64. The number of methoxy groups -OCH3 is 2. The molecule has 2 heterocycles. The quantitative estimate of drug-likeness (QED) is 0.573. The molecular weight excluding hydrogens is 236 g/mol. The molecule has 0 spiro atoms. The van der Waals surface area contributed by atoms with Crippen molar-refractivity contribution in [2.75, 3.05) is 20.0 Å². The van der Waals surface area contributed by atoms with Crippen molar-refractivity contribution in [3.63, 3.8) is 0 Å². The maximum atomic E-state index is 11.8. The lowest BCUT2D eigenvalue weighted by Crippen LogP contribution is -2.33. The highest BCUT2D eigenvalue weighted by Gasteiger charge is 2.18. The van der Waals surface area contributed by atoms with E-state index in [0.717, 1.165) is 5.56 Å². The zero-order valence-electron chi connectivity index (χ0n) is 10.4. The van der Waals surface area contributed by atoms with Crippen LogP contribution in [0.5, 0.6) is 0 Å². The Kier molecular flexibility index (Phi) is 3.26. The van der Waals surface area contributed by atoms with Crippen LogP contribution >= 0.6 is 0 Å². The number of nitrogens with two attached hydrogens (primary N) is 1. The molecule has 2 rings (SSSR count). The normalized spacial score (nSPS) is 11.3. The number of aromatic amines is 1. The van der Waals surface area contributed by atoms with Crippen molar-refractivity contribution in [2.45, 2.75) is 6.29 Å². The van der Waals surface area contributed by atoms with Crippen molar-refractivity contribution in [1.29, 1.82) is 0 Å². The molecule has 0 aromatic carbocycles. The van der Waals surface area contributed by atoms with Crippen LogP contribution in [0.25, 0.3) is 11.0 Å². The van der Waals surface area contributed by atoms with Gasteiger partial charge >= 0.3 is 11.6 Å².